The van der Waals surface area contributed by atoms with Gasteiger partial charge in [-0.1, -0.05) is 41.9 Å². The predicted molar refractivity (Wildman–Crippen MR) is 99.2 cm³/mol. The number of thiocarbonyl (C=S) groups is 1. The molecule has 0 radical (unpaired) electrons. The Morgan fingerprint density at radius 2 is 2.09 bits per heavy atom. The topological polar surface area (TPSA) is 53.2 Å². The molecule has 0 aliphatic carbocycles. The Kier molecular flexibility index (Phi) is 8.12. The predicted octanol–water partition coefficient (Wildman–Crippen LogP) is 3.31. The average Bonchev–Trinajstić information content (AvgIpc) is 2.43. The second-order valence-electron chi connectivity index (χ2n) is 5.41. The Hall–Kier alpha value is -1.40. The van der Waals surface area contributed by atoms with Crippen LogP contribution in [-0.4, -0.2) is 17.6 Å². The molecule has 0 aliphatic heterocycles. The fourth-order valence-electron chi connectivity index (χ4n) is 1.61. The first-order chi connectivity index (χ1) is 10.4. The van der Waals surface area contributed by atoms with Gasteiger partial charge in [0.2, 0.25) is 0 Å². The van der Waals surface area contributed by atoms with Crippen LogP contribution in [0.15, 0.2) is 28.7 Å². The summed E-state index contributed by atoms with van der Waals surface area (Å²) in [4.78, 5) is 11.7. The molecule has 120 valence electrons. The molecule has 0 unspecified atom stereocenters. The van der Waals surface area contributed by atoms with E-state index < -0.39 is 0 Å². The highest BCUT2D eigenvalue weighted by atomic mass is 79.9. The maximum absolute atomic E-state index is 11.7. The summed E-state index contributed by atoms with van der Waals surface area (Å²) in [6, 6.07) is 5.95. The van der Waals surface area contributed by atoms with Gasteiger partial charge >= 0.3 is 0 Å². The fraction of sp³-hybridized carbons (Fsp3) is 0.375. The number of benzene rings is 1. The van der Waals surface area contributed by atoms with Crippen molar-refractivity contribution in [2.75, 3.05) is 6.54 Å². The number of rotatable bonds is 5. The molecule has 0 saturated carbocycles. The van der Waals surface area contributed by atoms with Crippen molar-refractivity contribution in [2.45, 2.75) is 27.2 Å². The second kappa shape index (κ2) is 9.58. The number of hydrogen-bond donors (Lipinski definition) is 3. The van der Waals surface area contributed by atoms with Gasteiger partial charge in [-0.3, -0.25) is 15.6 Å². The van der Waals surface area contributed by atoms with Crippen molar-refractivity contribution in [3.63, 3.8) is 0 Å². The van der Waals surface area contributed by atoms with E-state index in [0.717, 1.165) is 28.6 Å². The van der Waals surface area contributed by atoms with Crippen molar-refractivity contribution in [1.29, 1.82) is 0 Å². The second-order valence-corrected chi connectivity index (χ2v) is 6.67. The lowest BCUT2D eigenvalue weighted by atomic mass is 10.1. The molecule has 1 aromatic carbocycles. The third-order valence-electron chi connectivity index (χ3n) is 2.88. The van der Waals surface area contributed by atoms with Crippen LogP contribution in [0.2, 0.25) is 0 Å². The Balaban J connectivity index is 2.36. The van der Waals surface area contributed by atoms with Gasteiger partial charge in [-0.2, -0.15) is 0 Å². The summed E-state index contributed by atoms with van der Waals surface area (Å²) in [5, 5.41) is 3.45. The van der Waals surface area contributed by atoms with Gasteiger partial charge in [-0.05, 0) is 54.7 Å². The zero-order valence-electron chi connectivity index (χ0n) is 13.1. The molecule has 3 N–H and O–H groups in total. The molecule has 6 heteroatoms. The third-order valence-corrected chi connectivity index (χ3v) is 3.81. The third kappa shape index (κ3) is 7.56. The minimum atomic E-state index is -0.263. The summed E-state index contributed by atoms with van der Waals surface area (Å²) >= 11 is 8.54. The highest BCUT2D eigenvalue weighted by molar-refractivity contribution is 9.10. The van der Waals surface area contributed by atoms with Gasteiger partial charge in [-0.15, -0.1) is 0 Å². The van der Waals surface area contributed by atoms with Crippen LogP contribution in [0.3, 0.4) is 0 Å². The first-order valence-corrected chi connectivity index (χ1v) is 8.36. The van der Waals surface area contributed by atoms with E-state index in [-0.39, 0.29) is 5.91 Å². The number of carbonyl (C=O) groups excluding carboxylic acids is 1. The summed E-state index contributed by atoms with van der Waals surface area (Å²) in [5.74, 6) is 0.348. The van der Waals surface area contributed by atoms with E-state index in [9.17, 15) is 4.79 Å². The molecular weight excluding hydrogens is 362 g/mol. The zero-order valence-corrected chi connectivity index (χ0v) is 15.5. The van der Waals surface area contributed by atoms with E-state index >= 15 is 0 Å². The van der Waals surface area contributed by atoms with E-state index in [4.69, 9.17) is 12.2 Å². The molecule has 22 heavy (non-hydrogen) atoms. The lowest BCUT2D eigenvalue weighted by molar-refractivity contribution is -0.116. The van der Waals surface area contributed by atoms with Crippen molar-refractivity contribution in [3.8, 4) is 0 Å². The molecule has 0 heterocycles. The van der Waals surface area contributed by atoms with Crippen molar-refractivity contribution in [3.05, 3.63) is 39.9 Å². The number of aryl methyl sites for hydroxylation is 1. The molecule has 4 nitrogen and oxygen atoms in total. The van der Waals surface area contributed by atoms with Crippen molar-refractivity contribution in [1.82, 2.24) is 16.2 Å². The van der Waals surface area contributed by atoms with Crippen molar-refractivity contribution in [2.24, 2.45) is 5.92 Å². The molecule has 0 aliphatic rings. The summed E-state index contributed by atoms with van der Waals surface area (Å²) in [7, 11) is 0. The highest BCUT2D eigenvalue weighted by Gasteiger charge is 2.00. The first-order valence-electron chi connectivity index (χ1n) is 7.16. The smallest absolute Gasteiger partial charge is 0.262 e. The molecule has 1 aromatic rings. The number of amides is 1. The van der Waals surface area contributed by atoms with Gasteiger partial charge in [-0.25, -0.2) is 0 Å². The molecular formula is C16H22BrN3OS. The standard InChI is InChI=1S/C16H22BrN3OS/c1-11(2)8-9-18-16(22)20-19-15(21)7-6-13-5-4-12(3)10-14(13)17/h4-7,10-11H,8-9H2,1-3H3,(H,19,21)(H2,18,20,22)/b7-6+. The van der Waals surface area contributed by atoms with E-state index in [1.165, 1.54) is 6.08 Å². The number of nitrogens with one attached hydrogen (secondary N) is 3. The molecule has 0 fully saturated rings. The van der Waals surface area contributed by atoms with Crippen molar-refractivity contribution >= 4 is 45.2 Å². The van der Waals surface area contributed by atoms with Crippen LogP contribution in [0.4, 0.5) is 0 Å². The average molecular weight is 384 g/mol. The molecule has 1 rings (SSSR count). The lowest BCUT2D eigenvalue weighted by Gasteiger charge is -2.11. The lowest BCUT2D eigenvalue weighted by Crippen LogP contribution is -2.46. The summed E-state index contributed by atoms with van der Waals surface area (Å²) in [6.45, 7) is 7.09. The monoisotopic (exact) mass is 383 g/mol. The first kappa shape index (κ1) is 18.6. The SMILES string of the molecule is Cc1ccc(/C=C/C(=O)NNC(=S)NCCC(C)C)c(Br)c1. The van der Waals surface area contributed by atoms with Crippen LogP contribution in [0.25, 0.3) is 6.08 Å². The van der Waals surface area contributed by atoms with Crippen molar-refractivity contribution < 1.29 is 4.79 Å². The van der Waals surface area contributed by atoms with Crippen LogP contribution >= 0.6 is 28.1 Å². The van der Waals surface area contributed by atoms with Crippen LogP contribution in [0.5, 0.6) is 0 Å². The Bertz CT molecular complexity index is 558. The molecule has 0 atom stereocenters. The number of carbonyl (C=O) groups is 1. The molecule has 0 saturated heterocycles. The van der Waals surface area contributed by atoms with E-state index in [0.29, 0.717) is 11.0 Å². The molecule has 0 spiro atoms. The summed E-state index contributed by atoms with van der Waals surface area (Å²) in [6.07, 6.45) is 4.23. The molecule has 1 amide bonds. The van der Waals surface area contributed by atoms with Gasteiger partial charge in [0.15, 0.2) is 5.11 Å². The normalized spacial score (nSPS) is 10.8. The zero-order chi connectivity index (χ0) is 16.5. The van der Waals surface area contributed by atoms with Gasteiger partial charge in [0.05, 0.1) is 0 Å². The van der Waals surface area contributed by atoms with Gasteiger partial charge < -0.3 is 5.32 Å². The van der Waals surface area contributed by atoms with E-state index in [1.54, 1.807) is 6.08 Å². The van der Waals surface area contributed by atoms with Gasteiger partial charge in [0.1, 0.15) is 0 Å². The summed E-state index contributed by atoms with van der Waals surface area (Å²) < 4.78 is 0.954. The maximum Gasteiger partial charge on any atom is 0.262 e. The van der Waals surface area contributed by atoms with Crippen LogP contribution in [0.1, 0.15) is 31.4 Å². The Morgan fingerprint density at radius 1 is 1.36 bits per heavy atom. The number of halogens is 1. The largest absolute Gasteiger partial charge is 0.361 e. The van der Waals surface area contributed by atoms with E-state index in [1.807, 2.05) is 25.1 Å². The highest BCUT2D eigenvalue weighted by Crippen LogP contribution is 2.19. The van der Waals surface area contributed by atoms with Gasteiger partial charge in [0, 0.05) is 17.1 Å². The minimum Gasteiger partial charge on any atom is -0.361 e. The van der Waals surface area contributed by atoms with Gasteiger partial charge in [0.25, 0.3) is 5.91 Å². The summed E-state index contributed by atoms with van der Waals surface area (Å²) in [5.41, 5.74) is 7.30. The number of hydrogen-bond acceptors (Lipinski definition) is 2. The van der Waals surface area contributed by atoms with Crippen LogP contribution < -0.4 is 16.2 Å². The molecule has 0 aromatic heterocycles. The molecule has 0 bridgehead atoms. The quantitative estimate of drug-likeness (QED) is 0.414. The van der Waals surface area contributed by atoms with Crippen LogP contribution in [-0.2, 0) is 4.79 Å². The maximum atomic E-state index is 11.7. The number of hydrazine groups is 1. The Morgan fingerprint density at radius 3 is 2.73 bits per heavy atom. The fourth-order valence-corrected chi connectivity index (χ4v) is 2.39. The van der Waals surface area contributed by atoms with E-state index in [2.05, 4.69) is 45.9 Å². The van der Waals surface area contributed by atoms with Crippen LogP contribution in [0, 0.1) is 12.8 Å². The minimum absolute atomic E-state index is 0.263. The Labute approximate surface area is 145 Å².